The fourth-order valence-corrected chi connectivity index (χ4v) is 3.52. The van der Waals surface area contributed by atoms with E-state index in [4.69, 9.17) is 4.74 Å². The van der Waals surface area contributed by atoms with Gasteiger partial charge in [-0.05, 0) is 41.5 Å². The second-order valence-corrected chi connectivity index (χ2v) is 7.12. The monoisotopic (exact) mass is 343 g/mol. The molecule has 1 aliphatic carbocycles. The highest BCUT2D eigenvalue weighted by Crippen LogP contribution is 2.45. The largest absolute Gasteiger partial charge is 0.378 e. The van der Waals surface area contributed by atoms with Crippen molar-refractivity contribution >= 4 is 5.91 Å². The molecule has 0 unspecified atom stereocenters. The van der Waals surface area contributed by atoms with Crippen LogP contribution in [-0.2, 0) is 16.0 Å². The van der Waals surface area contributed by atoms with E-state index >= 15 is 0 Å². The first-order valence-corrected chi connectivity index (χ1v) is 8.63. The van der Waals surface area contributed by atoms with Gasteiger partial charge in [-0.2, -0.15) is 0 Å². The molecule has 1 heterocycles. The standard InChI is InChI=1S/C18H25N5O2/c1-5-25-16-11-15(18(16,2)3)22(4)17(24)10-13-6-8-14(9-7-13)23-12-19-20-21-23/h6-9,12,15-16H,5,10-11H2,1-4H3/t15-,16-/m1/s1. The predicted molar refractivity (Wildman–Crippen MR) is 93.2 cm³/mol. The van der Waals surface area contributed by atoms with Crippen LogP contribution in [0.15, 0.2) is 30.6 Å². The van der Waals surface area contributed by atoms with Gasteiger partial charge in [0.15, 0.2) is 0 Å². The van der Waals surface area contributed by atoms with E-state index in [-0.39, 0.29) is 23.5 Å². The molecule has 0 N–H and O–H groups in total. The van der Waals surface area contributed by atoms with Gasteiger partial charge in [-0.1, -0.05) is 26.0 Å². The summed E-state index contributed by atoms with van der Waals surface area (Å²) in [7, 11) is 1.90. The summed E-state index contributed by atoms with van der Waals surface area (Å²) >= 11 is 0. The summed E-state index contributed by atoms with van der Waals surface area (Å²) in [6, 6.07) is 7.93. The Hall–Kier alpha value is -2.28. The predicted octanol–water partition coefficient (Wildman–Crippen LogP) is 1.87. The molecule has 0 spiro atoms. The minimum atomic E-state index is -0.00955. The highest BCUT2D eigenvalue weighted by atomic mass is 16.5. The van der Waals surface area contributed by atoms with Gasteiger partial charge in [0.1, 0.15) is 6.33 Å². The molecule has 3 rings (SSSR count). The lowest BCUT2D eigenvalue weighted by atomic mass is 9.63. The molecule has 134 valence electrons. The molecule has 1 saturated carbocycles. The molecule has 1 fully saturated rings. The summed E-state index contributed by atoms with van der Waals surface area (Å²) in [5.74, 6) is 0.128. The minimum Gasteiger partial charge on any atom is -0.378 e. The second kappa shape index (κ2) is 6.92. The Bertz CT molecular complexity index is 712. The third-order valence-electron chi connectivity index (χ3n) is 5.26. The maximum Gasteiger partial charge on any atom is 0.227 e. The number of tetrazole rings is 1. The van der Waals surface area contributed by atoms with Crippen molar-refractivity contribution in [3.05, 3.63) is 36.2 Å². The lowest BCUT2D eigenvalue weighted by Crippen LogP contribution is -2.62. The molecular formula is C18H25N5O2. The lowest BCUT2D eigenvalue weighted by molar-refractivity contribution is -0.162. The van der Waals surface area contributed by atoms with Gasteiger partial charge in [-0.25, -0.2) is 4.68 Å². The van der Waals surface area contributed by atoms with Crippen molar-refractivity contribution in [2.24, 2.45) is 5.41 Å². The number of ether oxygens (including phenoxy) is 1. The van der Waals surface area contributed by atoms with Crippen molar-refractivity contribution in [3.63, 3.8) is 0 Å². The summed E-state index contributed by atoms with van der Waals surface area (Å²) in [6.45, 7) is 7.07. The highest BCUT2D eigenvalue weighted by Gasteiger charge is 2.51. The van der Waals surface area contributed by atoms with E-state index in [0.717, 1.165) is 17.7 Å². The van der Waals surface area contributed by atoms with E-state index in [1.807, 2.05) is 43.1 Å². The fraction of sp³-hybridized carbons (Fsp3) is 0.556. The molecule has 1 aromatic carbocycles. The molecule has 7 nitrogen and oxygen atoms in total. The van der Waals surface area contributed by atoms with E-state index < -0.39 is 0 Å². The highest BCUT2D eigenvalue weighted by molar-refractivity contribution is 5.79. The van der Waals surface area contributed by atoms with Crippen molar-refractivity contribution in [1.82, 2.24) is 25.1 Å². The van der Waals surface area contributed by atoms with Crippen LogP contribution in [0.5, 0.6) is 0 Å². The average Bonchev–Trinajstić information content (AvgIpc) is 3.13. The van der Waals surface area contributed by atoms with Gasteiger partial charge in [-0.3, -0.25) is 4.79 Å². The SMILES string of the molecule is CCO[C@@H]1C[C@@H](N(C)C(=O)Cc2ccc(-n3cnnn3)cc2)C1(C)C. The Morgan fingerprint density at radius 1 is 1.36 bits per heavy atom. The number of hydrogen-bond donors (Lipinski definition) is 0. The first kappa shape index (κ1) is 17.5. The molecule has 0 radical (unpaired) electrons. The molecule has 2 aromatic rings. The quantitative estimate of drug-likeness (QED) is 0.800. The maximum absolute atomic E-state index is 12.7. The number of amides is 1. The zero-order chi connectivity index (χ0) is 18.0. The van der Waals surface area contributed by atoms with E-state index in [0.29, 0.717) is 13.0 Å². The number of carbonyl (C=O) groups is 1. The third-order valence-corrected chi connectivity index (χ3v) is 5.26. The van der Waals surface area contributed by atoms with Crippen LogP contribution in [0.25, 0.3) is 5.69 Å². The van der Waals surface area contributed by atoms with Crippen molar-refractivity contribution in [3.8, 4) is 5.69 Å². The summed E-state index contributed by atoms with van der Waals surface area (Å²) < 4.78 is 7.35. The summed E-state index contributed by atoms with van der Waals surface area (Å²) in [5, 5.41) is 11.1. The molecule has 25 heavy (non-hydrogen) atoms. The van der Waals surface area contributed by atoms with Crippen LogP contribution in [0.2, 0.25) is 0 Å². The van der Waals surface area contributed by atoms with Crippen molar-refractivity contribution in [2.75, 3.05) is 13.7 Å². The Balaban J connectivity index is 1.60. The lowest BCUT2D eigenvalue weighted by Gasteiger charge is -2.54. The van der Waals surface area contributed by atoms with Crippen LogP contribution in [0.1, 0.15) is 32.8 Å². The number of nitrogens with zero attached hydrogens (tertiary/aromatic N) is 5. The number of aromatic nitrogens is 4. The molecule has 1 aliphatic rings. The number of likely N-dealkylation sites (N-methyl/N-ethyl adjacent to an activating group) is 1. The maximum atomic E-state index is 12.7. The fourth-order valence-electron chi connectivity index (χ4n) is 3.52. The molecule has 1 amide bonds. The first-order valence-electron chi connectivity index (χ1n) is 8.63. The van der Waals surface area contributed by atoms with E-state index in [1.165, 1.54) is 0 Å². The van der Waals surface area contributed by atoms with Crippen LogP contribution in [0, 0.1) is 5.41 Å². The zero-order valence-corrected chi connectivity index (χ0v) is 15.2. The topological polar surface area (TPSA) is 73.1 Å². The van der Waals surface area contributed by atoms with E-state index in [1.54, 1.807) is 11.0 Å². The normalized spacial score (nSPS) is 21.6. The van der Waals surface area contributed by atoms with E-state index in [2.05, 4.69) is 29.4 Å². The Labute approximate surface area is 148 Å². The van der Waals surface area contributed by atoms with Gasteiger partial charge in [-0.15, -0.1) is 5.10 Å². The number of carbonyl (C=O) groups excluding carboxylic acids is 1. The summed E-state index contributed by atoms with van der Waals surface area (Å²) in [4.78, 5) is 14.5. The van der Waals surface area contributed by atoms with Crippen LogP contribution in [-0.4, -0.2) is 56.8 Å². The van der Waals surface area contributed by atoms with Gasteiger partial charge in [0.25, 0.3) is 0 Å². The average molecular weight is 343 g/mol. The van der Waals surface area contributed by atoms with Crippen molar-refractivity contribution < 1.29 is 9.53 Å². The number of rotatable bonds is 6. The van der Waals surface area contributed by atoms with Gasteiger partial charge >= 0.3 is 0 Å². The molecule has 1 aromatic heterocycles. The molecule has 0 aliphatic heterocycles. The second-order valence-electron chi connectivity index (χ2n) is 7.12. The smallest absolute Gasteiger partial charge is 0.227 e. The molecule has 0 bridgehead atoms. The van der Waals surface area contributed by atoms with Crippen molar-refractivity contribution in [1.29, 1.82) is 0 Å². The molecular weight excluding hydrogens is 318 g/mol. The van der Waals surface area contributed by atoms with Crippen molar-refractivity contribution in [2.45, 2.75) is 45.8 Å². The van der Waals surface area contributed by atoms with Crippen LogP contribution >= 0.6 is 0 Å². The number of hydrogen-bond acceptors (Lipinski definition) is 5. The Morgan fingerprint density at radius 3 is 2.64 bits per heavy atom. The summed E-state index contributed by atoms with van der Waals surface area (Å²) in [6.07, 6.45) is 3.06. The zero-order valence-electron chi connectivity index (χ0n) is 15.2. The van der Waals surface area contributed by atoms with E-state index in [9.17, 15) is 4.79 Å². The van der Waals surface area contributed by atoms with Gasteiger partial charge in [0.2, 0.25) is 5.91 Å². The van der Waals surface area contributed by atoms with Gasteiger partial charge in [0, 0.05) is 25.1 Å². The molecule has 7 heteroatoms. The summed E-state index contributed by atoms with van der Waals surface area (Å²) in [5.41, 5.74) is 1.84. The van der Waals surface area contributed by atoms with Crippen LogP contribution in [0.4, 0.5) is 0 Å². The van der Waals surface area contributed by atoms with Gasteiger partial charge in [0.05, 0.1) is 18.2 Å². The Morgan fingerprint density at radius 2 is 2.08 bits per heavy atom. The minimum absolute atomic E-state index is 0.00955. The van der Waals surface area contributed by atoms with Crippen LogP contribution in [0.3, 0.4) is 0 Å². The molecule has 0 saturated heterocycles. The van der Waals surface area contributed by atoms with Gasteiger partial charge < -0.3 is 9.64 Å². The number of benzene rings is 1. The Kier molecular flexibility index (Phi) is 4.85. The third kappa shape index (κ3) is 3.42. The van der Waals surface area contributed by atoms with Crippen LogP contribution < -0.4 is 0 Å². The first-order chi connectivity index (χ1) is 11.9. The molecule has 2 atom stereocenters.